The Labute approximate surface area is 204 Å². The number of aliphatic imine (C=N–C) groups is 1. The Morgan fingerprint density at radius 2 is 1.77 bits per heavy atom. The summed E-state index contributed by atoms with van der Waals surface area (Å²) < 4.78 is 31.5. The lowest BCUT2D eigenvalue weighted by molar-refractivity contribution is -0.434. The number of carboxylic acid groups (broad SMARTS) is 1. The summed E-state index contributed by atoms with van der Waals surface area (Å²) in [5.41, 5.74) is 2.17. The fourth-order valence-corrected chi connectivity index (χ4v) is 3.81. The minimum absolute atomic E-state index is 0.0620. The average molecular weight is 510 g/mol. The number of thiophene rings is 1. The SMILES string of the molecule is CC(=O)CCCCC[C@H](NC(=O)c1cccs1)C1=NC=C(c2ccccc2)[NH2+]1.O=C([O-])C(F)(F)F. The molecule has 0 fully saturated rings. The largest absolute Gasteiger partial charge is 0.542 e. The van der Waals surface area contributed by atoms with Crippen LogP contribution in [0.5, 0.6) is 0 Å². The third-order valence-corrected chi connectivity index (χ3v) is 5.79. The Hall–Kier alpha value is -3.31. The molecule has 1 amide bonds. The molecule has 1 aromatic carbocycles. The van der Waals surface area contributed by atoms with Crippen molar-refractivity contribution in [3.63, 3.8) is 0 Å². The zero-order chi connectivity index (χ0) is 25.8. The van der Waals surface area contributed by atoms with E-state index in [2.05, 4.69) is 27.8 Å². The minimum atomic E-state index is -5.19. The van der Waals surface area contributed by atoms with Gasteiger partial charge < -0.3 is 20.0 Å². The maximum absolute atomic E-state index is 12.6. The second-order valence-corrected chi connectivity index (χ2v) is 8.69. The number of aliphatic carboxylic acids is 1. The van der Waals surface area contributed by atoms with Gasteiger partial charge in [-0.25, -0.2) is 4.99 Å². The van der Waals surface area contributed by atoms with Gasteiger partial charge in [0.05, 0.1) is 11.1 Å². The number of ketones is 1. The van der Waals surface area contributed by atoms with E-state index in [-0.39, 0.29) is 17.7 Å². The molecule has 2 aromatic rings. The lowest BCUT2D eigenvalue weighted by Gasteiger charge is -2.16. The van der Waals surface area contributed by atoms with Crippen LogP contribution < -0.4 is 15.7 Å². The van der Waals surface area contributed by atoms with Gasteiger partial charge in [0.25, 0.3) is 5.91 Å². The van der Waals surface area contributed by atoms with E-state index in [1.54, 1.807) is 6.92 Å². The van der Waals surface area contributed by atoms with E-state index in [4.69, 9.17) is 9.90 Å². The number of benzene rings is 1. The molecule has 1 atom stereocenters. The number of hydrogen-bond donors (Lipinski definition) is 2. The number of nitrogens with two attached hydrogens (primary N) is 1. The molecule has 188 valence electrons. The highest BCUT2D eigenvalue weighted by Crippen LogP contribution is 2.14. The highest BCUT2D eigenvalue weighted by molar-refractivity contribution is 7.12. The van der Waals surface area contributed by atoms with Gasteiger partial charge >= 0.3 is 6.18 Å². The number of rotatable bonds is 10. The van der Waals surface area contributed by atoms with Gasteiger partial charge in [-0.15, -0.1) is 11.3 Å². The topological polar surface area (TPSA) is 115 Å². The van der Waals surface area contributed by atoms with E-state index < -0.39 is 12.1 Å². The number of carboxylic acids is 1. The van der Waals surface area contributed by atoms with Crippen LogP contribution in [-0.2, 0) is 9.59 Å². The number of amidine groups is 1. The van der Waals surface area contributed by atoms with Crippen molar-refractivity contribution in [3.05, 3.63) is 64.5 Å². The molecule has 0 saturated carbocycles. The van der Waals surface area contributed by atoms with Crippen molar-refractivity contribution in [1.82, 2.24) is 5.32 Å². The molecule has 0 aliphatic carbocycles. The van der Waals surface area contributed by atoms with Crippen LogP contribution in [-0.4, -0.2) is 35.7 Å². The number of alkyl halides is 3. The molecular weight excluding hydrogens is 483 g/mol. The molecule has 0 radical (unpaired) electrons. The van der Waals surface area contributed by atoms with E-state index in [0.29, 0.717) is 11.3 Å². The van der Waals surface area contributed by atoms with Gasteiger partial charge in [-0.2, -0.15) is 13.2 Å². The van der Waals surface area contributed by atoms with Gasteiger partial charge in [0, 0.05) is 12.0 Å². The van der Waals surface area contributed by atoms with E-state index in [1.807, 2.05) is 41.9 Å². The molecule has 11 heteroatoms. The summed E-state index contributed by atoms with van der Waals surface area (Å²) in [6, 6.07) is 13.7. The standard InChI is InChI=1S/C22H25N3O2S.C2HF3O2/c1-16(26)9-4-2-7-12-18(25-22(27)20-13-8-14-28-20)21-23-15-19(24-21)17-10-5-3-6-11-17;3-2(4,5)1(6)7/h3,5-6,8,10-11,13-15,18H,2,4,7,9,12H2,1H3,(H,23,24)(H,25,27);(H,6,7)/t18-;/m0./s1. The molecule has 2 heterocycles. The summed E-state index contributed by atoms with van der Waals surface area (Å²) in [7, 11) is 0. The van der Waals surface area contributed by atoms with Crippen molar-refractivity contribution in [2.75, 3.05) is 0 Å². The van der Waals surface area contributed by atoms with Crippen LogP contribution in [0.4, 0.5) is 13.2 Å². The predicted octanol–water partition coefficient (Wildman–Crippen LogP) is 2.66. The Morgan fingerprint density at radius 3 is 2.34 bits per heavy atom. The van der Waals surface area contributed by atoms with Crippen LogP contribution in [0.25, 0.3) is 5.70 Å². The second-order valence-electron chi connectivity index (χ2n) is 7.74. The van der Waals surface area contributed by atoms with Crippen molar-refractivity contribution >= 4 is 40.5 Å². The van der Waals surface area contributed by atoms with E-state index in [0.717, 1.165) is 42.8 Å². The summed E-state index contributed by atoms with van der Waals surface area (Å²) >= 11 is 1.44. The summed E-state index contributed by atoms with van der Waals surface area (Å²) in [6.07, 6.45) is 0.905. The normalized spacial score (nSPS) is 13.7. The lowest BCUT2D eigenvalue weighted by atomic mass is 10.0. The number of carbonyl (C=O) groups excluding carboxylic acids is 3. The highest BCUT2D eigenvalue weighted by Gasteiger charge is 2.29. The maximum Gasteiger partial charge on any atom is 0.430 e. The van der Waals surface area contributed by atoms with Gasteiger partial charge in [-0.1, -0.05) is 37.1 Å². The minimum Gasteiger partial charge on any atom is -0.542 e. The first kappa shape index (κ1) is 27.9. The molecule has 0 unspecified atom stereocenters. The van der Waals surface area contributed by atoms with Gasteiger partial charge in [0.2, 0.25) is 5.84 Å². The number of Topliss-reactive ketones (excluding diaryl/α,β-unsaturated/α-hetero) is 1. The van der Waals surface area contributed by atoms with E-state index >= 15 is 0 Å². The van der Waals surface area contributed by atoms with Crippen molar-refractivity contribution < 1.29 is 38.0 Å². The number of nitrogens with one attached hydrogen (secondary N) is 1. The molecule has 1 aromatic heterocycles. The Bertz CT molecular complexity index is 1050. The Kier molecular flexibility index (Phi) is 10.8. The molecule has 1 aliphatic rings. The fourth-order valence-electron chi connectivity index (χ4n) is 3.19. The second kappa shape index (κ2) is 13.5. The fraction of sp³-hybridized carbons (Fsp3) is 0.333. The predicted molar refractivity (Wildman–Crippen MR) is 124 cm³/mol. The highest BCUT2D eigenvalue weighted by atomic mass is 32.1. The van der Waals surface area contributed by atoms with Gasteiger partial charge in [-0.05, 0) is 43.3 Å². The average Bonchev–Trinajstić information content (AvgIpc) is 3.51. The third-order valence-electron chi connectivity index (χ3n) is 4.92. The summed E-state index contributed by atoms with van der Waals surface area (Å²) in [4.78, 5) is 37.8. The third kappa shape index (κ3) is 9.83. The molecule has 1 aliphatic heterocycles. The first-order valence-corrected chi connectivity index (χ1v) is 11.8. The summed E-state index contributed by atoms with van der Waals surface area (Å²) in [5.74, 6) is -1.96. The number of amides is 1. The van der Waals surface area contributed by atoms with E-state index in [9.17, 15) is 22.8 Å². The number of unbranched alkanes of at least 4 members (excludes halogenated alkanes) is 2. The zero-order valence-electron chi connectivity index (χ0n) is 19.0. The van der Waals surface area contributed by atoms with Crippen molar-refractivity contribution in [2.45, 2.75) is 51.2 Å². The number of quaternary nitrogens is 1. The van der Waals surface area contributed by atoms with Crippen LogP contribution in [0.1, 0.15) is 54.3 Å². The molecule has 7 nitrogen and oxygen atoms in total. The van der Waals surface area contributed by atoms with Crippen LogP contribution in [0.2, 0.25) is 0 Å². The lowest BCUT2D eigenvalue weighted by Crippen LogP contribution is -2.87. The molecule has 3 N–H and O–H groups in total. The number of hydrogen-bond acceptors (Lipinski definition) is 6. The first-order chi connectivity index (χ1) is 16.6. The van der Waals surface area contributed by atoms with Crippen LogP contribution in [0.15, 0.2) is 59.0 Å². The van der Waals surface area contributed by atoms with Crippen molar-refractivity contribution in [3.8, 4) is 0 Å². The van der Waals surface area contributed by atoms with E-state index in [1.165, 1.54) is 11.3 Å². The van der Waals surface area contributed by atoms with Crippen molar-refractivity contribution in [1.29, 1.82) is 0 Å². The first-order valence-electron chi connectivity index (χ1n) is 10.9. The number of carbonyl (C=O) groups is 3. The van der Waals surface area contributed by atoms with Gasteiger partial charge in [-0.3, -0.25) is 10.1 Å². The Balaban J connectivity index is 0.000000540. The van der Waals surface area contributed by atoms with Crippen LogP contribution >= 0.6 is 11.3 Å². The zero-order valence-corrected chi connectivity index (χ0v) is 19.8. The smallest absolute Gasteiger partial charge is 0.430 e. The molecule has 35 heavy (non-hydrogen) atoms. The summed E-state index contributed by atoms with van der Waals surface area (Å²) in [6.45, 7) is 1.63. The van der Waals surface area contributed by atoms with Crippen LogP contribution in [0.3, 0.4) is 0 Å². The molecule has 3 rings (SSSR count). The molecule has 0 saturated heterocycles. The quantitative estimate of drug-likeness (QED) is 0.479. The van der Waals surface area contributed by atoms with Crippen molar-refractivity contribution in [2.24, 2.45) is 4.99 Å². The maximum atomic E-state index is 12.6. The number of halogens is 3. The molecule has 0 bridgehead atoms. The monoisotopic (exact) mass is 509 g/mol. The van der Waals surface area contributed by atoms with Gasteiger partial charge in [0.1, 0.15) is 17.8 Å². The summed E-state index contributed by atoms with van der Waals surface area (Å²) in [5, 5.41) is 15.9. The number of nitrogens with zero attached hydrogens (tertiary/aromatic N) is 1. The molecule has 0 spiro atoms. The van der Waals surface area contributed by atoms with Crippen LogP contribution in [0, 0.1) is 0 Å². The molecular formula is C24H26F3N3O4S. The Morgan fingerprint density at radius 1 is 1.09 bits per heavy atom. The van der Waals surface area contributed by atoms with Gasteiger partial charge in [0.15, 0.2) is 5.70 Å².